The second-order valence-electron chi connectivity index (χ2n) is 5.16. The third kappa shape index (κ3) is 9.64. The SMILES string of the molecule is [C-]#[O+].[CH2-]C.[Fe].[c-]1[c-][c-][cH-][c-]1.c1ccc([PH+](c2ccccc2)c2ccccc2)cc1. The standard InChI is InChI=1S/C18H15P.C5H.C2H5.CO.Fe/c1-4-10-16(11-5-1)19(17-12-6-2-7-13-17)18-14-8-3-9-15-18;1-2-4-5-3-1;2*1-2;/h1-15H;1H;1H2,2H3;;/q;-5;-1;;/p+1. The van der Waals surface area contributed by atoms with Crippen molar-refractivity contribution in [2.24, 2.45) is 0 Å². The third-order valence-electron chi connectivity index (χ3n) is 3.54. The second-order valence-corrected chi connectivity index (χ2v) is 7.64. The molecule has 0 atom stereocenters. The van der Waals surface area contributed by atoms with Gasteiger partial charge >= 0.3 is 11.3 Å². The molecule has 0 saturated carbocycles. The van der Waals surface area contributed by atoms with Gasteiger partial charge in [0, 0.05) is 17.1 Å². The molecule has 0 radical (unpaired) electrons. The summed E-state index contributed by atoms with van der Waals surface area (Å²) in [7, 11) is -0.877. The average molecular weight is 437 g/mol. The Kier molecular flexibility index (Phi) is 16.4. The fourth-order valence-corrected chi connectivity index (χ4v) is 5.07. The Balaban J connectivity index is 0.000000667. The van der Waals surface area contributed by atoms with E-state index in [0.29, 0.717) is 0 Å². The molecule has 3 heteroatoms. The molecule has 4 aromatic carbocycles. The second kappa shape index (κ2) is 17.8. The molecule has 0 aliphatic heterocycles. The van der Waals surface area contributed by atoms with Gasteiger partial charge in [0.25, 0.3) is 0 Å². The molecule has 4 rings (SSSR count). The van der Waals surface area contributed by atoms with E-state index in [9.17, 15) is 0 Å². The van der Waals surface area contributed by atoms with E-state index in [1.807, 2.05) is 0 Å². The van der Waals surface area contributed by atoms with Crippen LogP contribution in [0.15, 0.2) is 97.1 Å². The first-order valence-electron chi connectivity index (χ1n) is 8.72. The van der Waals surface area contributed by atoms with E-state index in [1.54, 1.807) is 13.0 Å². The summed E-state index contributed by atoms with van der Waals surface area (Å²) in [4.78, 5) is 0. The Hall–Kier alpha value is -2.30. The van der Waals surface area contributed by atoms with Crippen LogP contribution in [0.25, 0.3) is 0 Å². The van der Waals surface area contributed by atoms with Crippen LogP contribution < -0.4 is 15.9 Å². The van der Waals surface area contributed by atoms with Gasteiger partial charge in [-0.2, -0.15) is 6.92 Å². The van der Waals surface area contributed by atoms with Gasteiger partial charge in [-0.1, -0.05) is 54.6 Å². The normalized spacial score (nSPS) is 8.59. The smallest absolute Gasteiger partial charge is 0.102 e. The van der Waals surface area contributed by atoms with Crippen molar-refractivity contribution in [3.63, 3.8) is 0 Å². The van der Waals surface area contributed by atoms with Gasteiger partial charge in [0.05, 0.1) is 7.92 Å². The van der Waals surface area contributed by atoms with Crippen molar-refractivity contribution in [1.29, 1.82) is 0 Å². The molecule has 29 heavy (non-hydrogen) atoms. The van der Waals surface area contributed by atoms with Crippen LogP contribution in [0.5, 0.6) is 0 Å². The van der Waals surface area contributed by atoms with Crippen LogP contribution in [0.3, 0.4) is 0 Å². The Morgan fingerprint density at radius 1 is 0.655 bits per heavy atom. The Labute approximate surface area is 187 Å². The van der Waals surface area contributed by atoms with Crippen LogP contribution in [-0.4, -0.2) is 0 Å². The van der Waals surface area contributed by atoms with Crippen molar-refractivity contribution >= 4 is 23.8 Å². The van der Waals surface area contributed by atoms with E-state index in [-0.39, 0.29) is 17.1 Å². The minimum atomic E-state index is -0.877. The Morgan fingerprint density at radius 2 is 0.931 bits per heavy atom. The zero-order valence-electron chi connectivity index (χ0n) is 16.2. The molecule has 0 bridgehead atoms. The maximum atomic E-state index is 7.50. The van der Waals surface area contributed by atoms with Crippen molar-refractivity contribution < 1.29 is 21.7 Å². The maximum absolute atomic E-state index is 7.50. The molecule has 0 amide bonds. The largest absolute Gasteiger partial charge is 0.999 e. The molecule has 0 spiro atoms. The monoisotopic (exact) mass is 437 g/mol. The van der Waals surface area contributed by atoms with Gasteiger partial charge in [-0.05, 0) is 36.4 Å². The predicted octanol–water partition coefficient (Wildman–Crippen LogP) is 4.58. The first kappa shape index (κ1) is 26.7. The summed E-state index contributed by atoms with van der Waals surface area (Å²) in [6.07, 6.45) is 0. The summed E-state index contributed by atoms with van der Waals surface area (Å²) < 4.78 is 7.50. The quantitative estimate of drug-likeness (QED) is 0.194. The number of rotatable bonds is 3. The van der Waals surface area contributed by atoms with Gasteiger partial charge in [-0.25, -0.2) is 0 Å². The Bertz CT molecular complexity index is 733. The molecule has 4 aromatic rings. The molecule has 0 saturated heterocycles. The molecule has 0 fully saturated rings. The number of hydrogen-bond donors (Lipinski definition) is 0. The Morgan fingerprint density at radius 3 is 1.14 bits per heavy atom. The van der Waals surface area contributed by atoms with Crippen LogP contribution >= 0.6 is 7.92 Å². The van der Waals surface area contributed by atoms with E-state index >= 15 is 0 Å². The topological polar surface area (TPSA) is 19.9 Å². The van der Waals surface area contributed by atoms with Gasteiger partial charge < -0.3 is 37.3 Å². The molecular formula is C26H22FeOP-5. The van der Waals surface area contributed by atoms with Gasteiger partial charge in [-0.15, -0.1) is 0 Å². The molecule has 1 nitrogen and oxygen atoms in total. The molecule has 0 N–H and O–H groups in total. The average Bonchev–Trinajstić information content (AvgIpc) is 3.39. The van der Waals surface area contributed by atoms with Gasteiger partial charge in [0.1, 0.15) is 15.9 Å². The minimum absolute atomic E-state index is 0. The maximum Gasteiger partial charge on any atom is 0.102 e. The number of benzene rings is 3. The van der Waals surface area contributed by atoms with Crippen molar-refractivity contribution in [2.75, 3.05) is 0 Å². The van der Waals surface area contributed by atoms with Gasteiger partial charge in [0.15, 0.2) is 0 Å². The van der Waals surface area contributed by atoms with Crippen LogP contribution in [-0.2, 0) is 21.7 Å². The molecular weight excluding hydrogens is 415 g/mol. The van der Waals surface area contributed by atoms with Crippen molar-refractivity contribution in [2.45, 2.75) is 6.92 Å². The summed E-state index contributed by atoms with van der Waals surface area (Å²) in [6.45, 7) is 9.50. The van der Waals surface area contributed by atoms with Crippen LogP contribution in [0.1, 0.15) is 6.92 Å². The molecule has 150 valence electrons. The molecule has 0 unspecified atom stereocenters. The van der Waals surface area contributed by atoms with Crippen molar-refractivity contribution in [3.8, 4) is 0 Å². The zero-order valence-corrected chi connectivity index (χ0v) is 18.3. The predicted molar refractivity (Wildman–Crippen MR) is 119 cm³/mol. The molecule has 0 heterocycles. The first-order chi connectivity index (χ1) is 13.9. The van der Waals surface area contributed by atoms with Crippen molar-refractivity contribution in [1.82, 2.24) is 0 Å². The summed E-state index contributed by atoms with van der Waals surface area (Å²) >= 11 is 0. The fraction of sp³-hybridized carbons (Fsp3) is 0.0385. The zero-order chi connectivity index (χ0) is 20.5. The van der Waals surface area contributed by atoms with E-state index in [2.05, 4.69) is 129 Å². The minimum Gasteiger partial charge on any atom is -0.999 e. The van der Waals surface area contributed by atoms with E-state index in [1.165, 1.54) is 15.9 Å². The van der Waals surface area contributed by atoms with Crippen molar-refractivity contribution in [3.05, 3.63) is 135 Å². The van der Waals surface area contributed by atoms with Crippen LogP contribution in [0, 0.1) is 37.8 Å². The summed E-state index contributed by atoms with van der Waals surface area (Å²) in [5.41, 5.74) is 0. The molecule has 0 aromatic heterocycles. The van der Waals surface area contributed by atoms with E-state index in [4.69, 9.17) is 4.65 Å². The summed E-state index contributed by atoms with van der Waals surface area (Å²) in [5, 5.41) is 4.31. The van der Waals surface area contributed by atoms with Gasteiger partial charge in [0.2, 0.25) is 0 Å². The van der Waals surface area contributed by atoms with Gasteiger partial charge in [-0.3, -0.25) is 0 Å². The third-order valence-corrected chi connectivity index (χ3v) is 6.27. The van der Waals surface area contributed by atoms with E-state index < -0.39 is 7.92 Å². The molecule has 0 aliphatic carbocycles. The van der Waals surface area contributed by atoms with E-state index in [0.717, 1.165) is 0 Å². The summed E-state index contributed by atoms with van der Waals surface area (Å²) in [5.74, 6) is 0. The molecule has 0 aliphatic rings. The summed E-state index contributed by atoms with van der Waals surface area (Å²) in [6, 6.07) is 44.5. The van der Waals surface area contributed by atoms with Crippen LogP contribution in [0.4, 0.5) is 0 Å². The number of hydrogen-bond acceptors (Lipinski definition) is 0. The van der Waals surface area contributed by atoms with Crippen LogP contribution in [0.2, 0.25) is 0 Å². The first-order valence-corrected chi connectivity index (χ1v) is 10.2. The fourth-order valence-electron chi connectivity index (χ4n) is 2.49.